The number of aromatic nitrogens is 2. The van der Waals surface area contributed by atoms with Crippen molar-refractivity contribution in [3.8, 4) is 23.0 Å². The number of amides is 1. The van der Waals surface area contributed by atoms with E-state index < -0.39 is 0 Å². The van der Waals surface area contributed by atoms with Gasteiger partial charge in [0.2, 0.25) is 17.7 Å². The minimum absolute atomic E-state index is 0.0727. The lowest BCUT2D eigenvalue weighted by Gasteiger charge is -2.20. The molecule has 4 rings (SSSR count). The van der Waals surface area contributed by atoms with Crippen LogP contribution in [0.5, 0.6) is 11.5 Å². The first-order valence-electron chi connectivity index (χ1n) is 10.2. The Hall–Kier alpha value is -3.06. The molecule has 3 aromatic rings. The lowest BCUT2D eigenvalue weighted by atomic mass is 10.1. The average Bonchev–Trinajstić information content (AvgIpc) is 3.53. The molecule has 7 nitrogen and oxygen atoms in total. The van der Waals surface area contributed by atoms with Gasteiger partial charge in [-0.15, -0.1) is 10.2 Å². The van der Waals surface area contributed by atoms with Gasteiger partial charge >= 0.3 is 0 Å². The number of nitrogens with zero attached hydrogens (tertiary/aromatic N) is 3. The van der Waals surface area contributed by atoms with Crippen molar-refractivity contribution in [1.82, 2.24) is 15.1 Å². The largest absolute Gasteiger partial charge is 0.493 e. The van der Waals surface area contributed by atoms with Crippen LogP contribution in [0, 0.1) is 0 Å². The van der Waals surface area contributed by atoms with Crippen LogP contribution in [0.25, 0.3) is 11.5 Å². The second kappa shape index (κ2) is 9.39. The Morgan fingerprint density at radius 1 is 1.10 bits per heavy atom. The number of carbonyl (C=O) groups excluding carboxylic acids is 1. The van der Waals surface area contributed by atoms with Gasteiger partial charge in [0.05, 0.1) is 20.8 Å². The quantitative estimate of drug-likeness (QED) is 0.485. The molecule has 1 amide bonds. The molecule has 0 bridgehead atoms. The molecule has 162 valence electrons. The normalized spacial score (nSPS) is 13.1. The van der Waals surface area contributed by atoms with Crippen LogP contribution in [0.1, 0.15) is 30.7 Å². The number of halogens is 1. The number of rotatable bonds is 9. The molecule has 0 saturated heterocycles. The number of carbonyl (C=O) groups is 1. The average molecular weight is 442 g/mol. The standard InChI is InChI=1S/C23H24ClN3O4/c1-29-19-11-3-15(13-20(19)30-2)4-12-22(28)27(18-9-10-18)14-21-25-26-23(31-21)16-5-7-17(24)8-6-16/h3,5-8,11,13,18H,4,9-10,12,14H2,1-2H3. The van der Waals surface area contributed by atoms with E-state index in [-0.39, 0.29) is 11.9 Å². The molecular weight excluding hydrogens is 418 g/mol. The SMILES string of the molecule is COc1ccc(CCC(=O)N(Cc2nnc(-c3ccc(Cl)cc3)o2)C2CC2)cc1OC. The van der Waals surface area contributed by atoms with Crippen LogP contribution in [0.4, 0.5) is 0 Å². The molecule has 0 atom stereocenters. The summed E-state index contributed by atoms with van der Waals surface area (Å²) in [5.41, 5.74) is 1.81. The second-order valence-electron chi connectivity index (χ2n) is 7.45. The van der Waals surface area contributed by atoms with Gasteiger partial charge in [-0.1, -0.05) is 17.7 Å². The van der Waals surface area contributed by atoms with Crippen molar-refractivity contribution in [3.05, 3.63) is 58.9 Å². The van der Waals surface area contributed by atoms with E-state index in [1.165, 1.54) is 0 Å². The van der Waals surface area contributed by atoms with Crippen molar-refractivity contribution in [2.45, 2.75) is 38.3 Å². The van der Waals surface area contributed by atoms with E-state index in [9.17, 15) is 4.79 Å². The number of methoxy groups -OCH3 is 2. The lowest BCUT2D eigenvalue weighted by molar-refractivity contribution is -0.132. The zero-order chi connectivity index (χ0) is 21.8. The van der Waals surface area contributed by atoms with E-state index in [1.807, 2.05) is 35.2 Å². The molecule has 0 spiro atoms. The Bertz CT molecular complexity index is 1050. The van der Waals surface area contributed by atoms with Gasteiger partial charge in [-0.25, -0.2) is 0 Å². The van der Waals surface area contributed by atoms with Gasteiger partial charge in [-0.05, 0) is 61.2 Å². The highest BCUT2D eigenvalue weighted by Crippen LogP contribution is 2.31. The zero-order valence-electron chi connectivity index (χ0n) is 17.5. The van der Waals surface area contributed by atoms with Crippen molar-refractivity contribution in [3.63, 3.8) is 0 Å². The van der Waals surface area contributed by atoms with Gasteiger partial charge in [-0.3, -0.25) is 4.79 Å². The maximum atomic E-state index is 13.0. The number of benzene rings is 2. The number of hydrogen-bond acceptors (Lipinski definition) is 6. The molecule has 0 N–H and O–H groups in total. The van der Waals surface area contributed by atoms with Gasteiger partial charge < -0.3 is 18.8 Å². The highest BCUT2D eigenvalue weighted by atomic mass is 35.5. The smallest absolute Gasteiger partial charge is 0.247 e. The summed E-state index contributed by atoms with van der Waals surface area (Å²) in [5.74, 6) is 2.25. The highest BCUT2D eigenvalue weighted by molar-refractivity contribution is 6.30. The van der Waals surface area contributed by atoms with E-state index in [2.05, 4.69) is 10.2 Å². The van der Waals surface area contributed by atoms with Gasteiger partial charge in [0.25, 0.3) is 0 Å². The third-order valence-corrected chi connectivity index (χ3v) is 5.50. The van der Waals surface area contributed by atoms with Crippen LogP contribution in [0.3, 0.4) is 0 Å². The molecule has 0 unspecified atom stereocenters. The van der Waals surface area contributed by atoms with E-state index >= 15 is 0 Å². The summed E-state index contributed by atoms with van der Waals surface area (Å²) in [6.07, 6.45) is 3.01. The molecule has 1 fully saturated rings. The summed E-state index contributed by atoms with van der Waals surface area (Å²) < 4.78 is 16.4. The predicted molar refractivity (Wildman–Crippen MR) is 116 cm³/mol. The third-order valence-electron chi connectivity index (χ3n) is 5.25. The molecule has 1 heterocycles. The van der Waals surface area contributed by atoms with Crippen molar-refractivity contribution in [2.75, 3.05) is 14.2 Å². The van der Waals surface area contributed by atoms with Gasteiger partial charge in [0.1, 0.15) is 0 Å². The fourth-order valence-corrected chi connectivity index (χ4v) is 3.54. The fourth-order valence-electron chi connectivity index (χ4n) is 3.41. The van der Waals surface area contributed by atoms with E-state index in [4.69, 9.17) is 25.5 Å². The fraction of sp³-hybridized carbons (Fsp3) is 0.348. The van der Waals surface area contributed by atoms with Crippen molar-refractivity contribution < 1.29 is 18.7 Å². The summed E-state index contributed by atoms with van der Waals surface area (Å²) in [5, 5.41) is 8.89. The molecule has 1 aromatic heterocycles. The Labute approximate surface area is 185 Å². The molecular formula is C23H24ClN3O4. The molecule has 2 aromatic carbocycles. The molecule has 8 heteroatoms. The van der Waals surface area contributed by atoms with Crippen LogP contribution < -0.4 is 9.47 Å². The molecule has 0 aliphatic heterocycles. The Morgan fingerprint density at radius 3 is 2.52 bits per heavy atom. The zero-order valence-corrected chi connectivity index (χ0v) is 18.3. The summed E-state index contributed by atoms with van der Waals surface area (Å²) in [7, 11) is 3.20. The topological polar surface area (TPSA) is 77.7 Å². The van der Waals surface area contributed by atoms with Gasteiger partial charge in [0, 0.05) is 23.0 Å². The van der Waals surface area contributed by atoms with Crippen LogP contribution in [-0.4, -0.2) is 41.3 Å². The highest BCUT2D eigenvalue weighted by Gasteiger charge is 2.33. The third kappa shape index (κ3) is 5.17. The van der Waals surface area contributed by atoms with Crippen molar-refractivity contribution in [1.29, 1.82) is 0 Å². The second-order valence-corrected chi connectivity index (χ2v) is 7.89. The first-order valence-corrected chi connectivity index (χ1v) is 10.5. The maximum absolute atomic E-state index is 13.0. The van der Waals surface area contributed by atoms with Crippen molar-refractivity contribution >= 4 is 17.5 Å². The van der Waals surface area contributed by atoms with Crippen LogP contribution in [0.2, 0.25) is 5.02 Å². The maximum Gasteiger partial charge on any atom is 0.247 e. The molecule has 31 heavy (non-hydrogen) atoms. The molecule has 1 aliphatic carbocycles. The number of aryl methyl sites for hydroxylation is 1. The number of ether oxygens (including phenoxy) is 2. The first-order chi connectivity index (χ1) is 15.1. The summed E-state index contributed by atoms with van der Waals surface area (Å²) in [6.45, 7) is 0.315. The molecule has 0 radical (unpaired) electrons. The van der Waals surface area contributed by atoms with Crippen LogP contribution in [0.15, 0.2) is 46.9 Å². The van der Waals surface area contributed by atoms with Crippen LogP contribution in [-0.2, 0) is 17.8 Å². The van der Waals surface area contributed by atoms with E-state index in [1.54, 1.807) is 26.4 Å². The molecule has 1 aliphatic rings. The molecule has 1 saturated carbocycles. The minimum Gasteiger partial charge on any atom is -0.493 e. The Kier molecular flexibility index (Phi) is 6.42. The lowest BCUT2D eigenvalue weighted by Crippen LogP contribution is -2.32. The Balaban J connectivity index is 1.40. The van der Waals surface area contributed by atoms with Crippen molar-refractivity contribution in [2.24, 2.45) is 0 Å². The number of hydrogen-bond donors (Lipinski definition) is 0. The predicted octanol–water partition coefficient (Wildman–Crippen LogP) is 4.53. The van der Waals surface area contributed by atoms with E-state index in [0.717, 1.165) is 24.0 Å². The van der Waals surface area contributed by atoms with E-state index in [0.29, 0.717) is 47.7 Å². The summed E-state index contributed by atoms with van der Waals surface area (Å²) >= 11 is 5.93. The first kappa shape index (κ1) is 21.2. The van der Waals surface area contributed by atoms with Gasteiger partial charge in [0.15, 0.2) is 11.5 Å². The monoisotopic (exact) mass is 441 g/mol. The summed E-state index contributed by atoms with van der Waals surface area (Å²) in [6, 6.07) is 13.1. The summed E-state index contributed by atoms with van der Waals surface area (Å²) in [4.78, 5) is 14.8. The van der Waals surface area contributed by atoms with Gasteiger partial charge in [-0.2, -0.15) is 0 Å². The van der Waals surface area contributed by atoms with Crippen LogP contribution >= 0.6 is 11.6 Å². The minimum atomic E-state index is 0.0727. The Morgan fingerprint density at radius 2 is 1.84 bits per heavy atom.